The molecule has 2 aromatic rings. The zero-order valence-electron chi connectivity index (χ0n) is 10.1. The van der Waals surface area contributed by atoms with Gasteiger partial charge in [0.05, 0.1) is 18.5 Å². The minimum absolute atomic E-state index is 0.0710. The zero-order valence-corrected chi connectivity index (χ0v) is 10.1. The maximum absolute atomic E-state index is 9.67. The highest BCUT2D eigenvalue weighted by atomic mass is 16.5. The molecular weight excluding hydrogens is 218 g/mol. The van der Waals surface area contributed by atoms with Crippen molar-refractivity contribution < 1.29 is 14.9 Å². The van der Waals surface area contributed by atoms with Crippen molar-refractivity contribution in [1.82, 2.24) is 4.57 Å². The number of rotatable bonds is 2. The van der Waals surface area contributed by atoms with E-state index < -0.39 is 0 Å². The number of nitrogens with zero attached hydrogens (tertiary/aromatic N) is 1. The van der Waals surface area contributed by atoms with Crippen LogP contribution in [-0.2, 0) is 0 Å². The van der Waals surface area contributed by atoms with E-state index in [4.69, 9.17) is 4.74 Å². The normalized spacial score (nSPS) is 10.5. The molecule has 17 heavy (non-hydrogen) atoms. The van der Waals surface area contributed by atoms with E-state index in [-0.39, 0.29) is 11.5 Å². The second-order valence-corrected chi connectivity index (χ2v) is 3.90. The molecule has 0 bridgehead atoms. The molecule has 0 amide bonds. The molecule has 0 unspecified atom stereocenters. The molecule has 0 spiro atoms. The largest absolute Gasteiger partial charge is 0.503 e. The summed E-state index contributed by atoms with van der Waals surface area (Å²) in [5, 5.41) is 19.3. The molecule has 0 aliphatic heterocycles. The predicted octanol–water partition coefficient (Wildman–Crippen LogP) is 2.51. The first-order valence-corrected chi connectivity index (χ1v) is 5.30. The summed E-state index contributed by atoms with van der Waals surface area (Å²) in [6, 6.07) is 7.42. The highest BCUT2D eigenvalue weighted by molar-refractivity contribution is 5.53. The molecule has 4 nitrogen and oxygen atoms in total. The topological polar surface area (TPSA) is 54.6 Å². The Balaban J connectivity index is 2.56. The minimum Gasteiger partial charge on any atom is -0.503 e. The van der Waals surface area contributed by atoms with Gasteiger partial charge in [-0.2, -0.15) is 0 Å². The summed E-state index contributed by atoms with van der Waals surface area (Å²) in [5.74, 6) is 0.626. The van der Waals surface area contributed by atoms with Gasteiger partial charge in [-0.05, 0) is 38.1 Å². The van der Waals surface area contributed by atoms with Crippen LogP contribution in [0.1, 0.15) is 11.4 Å². The lowest BCUT2D eigenvalue weighted by atomic mass is 10.3. The standard InChI is InChI=1S/C13H15NO3/c1-8-12(15)13(16)9(2)14(8)10-4-6-11(17-3)7-5-10/h4-7,15-16H,1-3H3. The lowest BCUT2D eigenvalue weighted by molar-refractivity contribution is 0.403. The summed E-state index contributed by atoms with van der Waals surface area (Å²) in [6.45, 7) is 3.51. The fourth-order valence-electron chi connectivity index (χ4n) is 1.92. The molecule has 1 heterocycles. The smallest absolute Gasteiger partial charge is 0.179 e. The maximum Gasteiger partial charge on any atom is 0.179 e. The molecule has 4 heteroatoms. The van der Waals surface area contributed by atoms with Gasteiger partial charge in [-0.15, -0.1) is 0 Å². The SMILES string of the molecule is COc1ccc(-n2c(C)c(O)c(O)c2C)cc1. The molecule has 0 saturated carbocycles. The third-order valence-corrected chi connectivity index (χ3v) is 2.91. The van der Waals surface area contributed by atoms with Crippen LogP contribution in [0.15, 0.2) is 24.3 Å². The lowest BCUT2D eigenvalue weighted by Gasteiger charge is -2.09. The monoisotopic (exact) mass is 233 g/mol. The van der Waals surface area contributed by atoms with Gasteiger partial charge in [-0.25, -0.2) is 0 Å². The number of methoxy groups -OCH3 is 1. The van der Waals surface area contributed by atoms with Gasteiger partial charge in [0.1, 0.15) is 5.75 Å². The molecule has 0 atom stereocenters. The minimum atomic E-state index is -0.0710. The second-order valence-electron chi connectivity index (χ2n) is 3.90. The van der Waals surface area contributed by atoms with Crippen molar-refractivity contribution in [3.05, 3.63) is 35.7 Å². The van der Waals surface area contributed by atoms with Gasteiger partial charge >= 0.3 is 0 Å². The van der Waals surface area contributed by atoms with Crippen LogP contribution in [0.4, 0.5) is 0 Å². The first kappa shape index (κ1) is 11.4. The molecule has 0 radical (unpaired) electrons. The molecule has 0 saturated heterocycles. The molecule has 1 aromatic carbocycles. The predicted molar refractivity (Wildman–Crippen MR) is 65.1 cm³/mol. The van der Waals surface area contributed by atoms with Gasteiger partial charge in [0.2, 0.25) is 0 Å². The highest BCUT2D eigenvalue weighted by Gasteiger charge is 2.16. The molecule has 0 fully saturated rings. The van der Waals surface area contributed by atoms with Gasteiger partial charge in [0, 0.05) is 5.69 Å². The van der Waals surface area contributed by atoms with Crippen molar-refractivity contribution in [3.8, 4) is 22.9 Å². The van der Waals surface area contributed by atoms with E-state index in [2.05, 4.69) is 0 Å². The Morgan fingerprint density at radius 1 is 0.941 bits per heavy atom. The van der Waals surface area contributed by atoms with Gasteiger partial charge in [-0.1, -0.05) is 0 Å². The van der Waals surface area contributed by atoms with Crippen LogP contribution in [0.5, 0.6) is 17.2 Å². The summed E-state index contributed by atoms with van der Waals surface area (Å²) in [6.07, 6.45) is 0. The van der Waals surface area contributed by atoms with Crippen molar-refractivity contribution in [2.24, 2.45) is 0 Å². The summed E-state index contributed by atoms with van der Waals surface area (Å²) in [5.41, 5.74) is 2.10. The summed E-state index contributed by atoms with van der Waals surface area (Å²) in [4.78, 5) is 0. The number of ether oxygens (including phenoxy) is 1. The second kappa shape index (κ2) is 4.05. The van der Waals surface area contributed by atoms with Crippen molar-refractivity contribution >= 4 is 0 Å². The molecular formula is C13H15NO3. The molecule has 0 aliphatic rings. The van der Waals surface area contributed by atoms with E-state index in [1.165, 1.54) is 0 Å². The van der Waals surface area contributed by atoms with Crippen LogP contribution in [-0.4, -0.2) is 21.9 Å². The highest BCUT2D eigenvalue weighted by Crippen LogP contribution is 2.36. The molecule has 0 aliphatic carbocycles. The van der Waals surface area contributed by atoms with E-state index in [0.29, 0.717) is 11.4 Å². The Morgan fingerprint density at radius 3 is 1.82 bits per heavy atom. The summed E-state index contributed by atoms with van der Waals surface area (Å²) >= 11 is 0. The van der Waals surface area contributed by atoms with E-state index >= 15 is 0 Å². The number of hydrogen-bond acceptors (Lipinski definition) is 3. The van der Waals surface area contributed by atoms with Gasteiger partial charge in [0.25, 0.3) is 0 Å². The maximum atomic E-state index is 9.67. The van der Waals surface area contributed by atoms with Crippen molar-refractivity contribution in [2.45, 2.75) is 13.8 Å². The third kappa shape index (κ3) is 1.71. The number of hydrogen-bond donors (Lipinski definition) is 2. The van der Waals surface area contributed by atoms with E-state index in [0.717, 1.165) is 11.4 Å². The van der Waals surface area contributed by atoms with Crippen molar-refractivity contribution in [2.75, 3.05) is 7.11 Å². The van der Waals surface area contributed by atoms with Gasteiger partial charge < -0.3 is 19.5 Å². The first-order valence-electron chi connectivity index (χ1n) is 5.30. The summed E-state index contributed by atoms with van der Waals surface area (Å²) < 4.78 is 6.88. The Morgan fingerprint density at radius 2 is 1.41 bits per heavy atom. The molecule has 1 aromatic heterocycles. The van der Waals surface area contributed by atoms with Crippen LogP contribution >= 0.6 is 0 Å². The van der Waals surface area contributed by atoms with Crippen LogP contribution < -0.4 is 4.74 Å². The number of benzene rings is 1. The van der Waals surface area contributed by atoms with Crippen molar-refractivity contribution in [3.63, 3.8) is 0 Å². The van der Waals surface area contributed by atoms with Crippen LogP contribution in [0.3, 0.4) is 0 Å². The zero-order chi connectivity index (χ0) is 12.6. The number of aromatic nitrogens is 1. The van der Waals surface area contributed by atoms with Crippen LogP contribution in [0, 0.1) is 13.8 Å². The Bertz CT molecular complexity index is 515. The third-order valence-electron chi connectivity index (χ3n) is 2.91. The average molecular weight is 233 g/mol. The summed E-state index contributed by atoms with van der Waals surface area (Å²) in [7, 11) is 1.61. The van der Waals surface area contributed by atoms with Crippen molar-refractivity contribution in [1.29, 1.82) is 0 Å². The van der Waals surface area contributed by atoms with Gasteiger partial charge in [0.15, 0.2) is 11.5 Å². The molecule has 2 N–H and O–H groups in total. The molecule has 2 rings (SSSR count). The Kier molecular flexibility index (Phi) is 2.71. The van der Waals surface area contributed by atoms with E-state index in [9.17, 15) is 10.2 Å². The Hall–Kier alpha value is -2.10. The molecule has 90 valence electrons. The fourth-order valence-corrected chi connectivity index (χ4v) is 1.92. The Labute approximate surface area is 99.7 Å². The van der Waals surface area contributed by atoms with Crippen LogP contribution in [0.25, 0.3) is 5.69 Å². The quantitative estimate of drug-likeness (QED) is 0.838. The van der Waals surface area contributed by atoms with E-state index in [1.807, 2.05) is 24.3 Å². The first-order chi connectivity index (χ1) is 8.06. The lowest BCUT2D eigenvalue weighted by Crippen LogP contribution is -1.98. The van der Waals surface area contributed by atoms with Crippen LogP contribution in [0.2, 0.25) is 0 Å². The van der Waals surface area contributed by atoms with E-state index in [1.54, 1.807) is 25.5 Å². The van der Waals surface area contributed by atoms with Gasteiger partial charge in [-0.3, -0.25) is 0 Å². The number of aromatic hydroxyl groups is 2. The average Bonchev–Trinajstić information content (AvgIpc) is 2.54. The fraction of sp³-hybridized carbons (Fsp3) is 0.231.